The molecule has 2 heterocycles. The molecule has 0 atom stereocenters. The molecule has 220 valence electrons. The Hall–Kier alpha value is -5.60. The molecule has 2 aromatic heterocycles. The first kappa shape index (κ1) is 26.6. The summed E-state index contributed by atoms with van der Waals surface area (Å²) in [6.45, 7) is 0. The zero-order chi connectivity index (χ0) is 30.9. The van der Waals surface area contributed by atoms with Crippen molar-refractivity contribution in [2.45, 2.75) is 0 Å². The monoisotopic (exact) mass is 665 g/mol. The Labute approximate surface area is 277 Å². The van der Waals surface area contributed by atoms with Gasteiger partial charge in [-0.15, -0.1) is 0 Å². The van der Waals surface area contributed by atoms with Crippen molar-refractivity contribution in [1.82, 2.24) is 0 Å². The van der Waals surface area contributed by atoms with Gasteiger partial charge in [0, 0.05) is 0 Å². The molecule has 10 rings (SSSR count). The van der Waals surface area contributed by atoms with Crippen LogP contribution in [-0.2, 0) is 0 Å². The van der Waals surface area contributed by atoms with Crippen molar-refractivity contribution in [3.05, 3.63) is 164 Å². The van der Waals surface area contributed by atoms with Gasteiger partial charge in [-0.05, 0) is 0 Å². The van der Waals surface area contributed by atoms with Crippen LogP contribution in [0.3, 0.4) is 0 Å². The SMILES string of the molecule is c1ccc(-c2cccc(N(c3ccc4ccc5cc6oc7ccccc7c6cc5c4c3)c3cccc4c3[se]c3ccccc34)c2)cc1. The van der Waals surface area contributed by atoms with Crippen molar-refractivity contribution >= 4 is 94.3 Å². The van der Waals surface area contributed by atoms with Crippen LogP contribution < -0.4 is 4.90 Å². The maximum absolute atomic E-state index is 6.26. The number of furan rings is 1. The number of rotatable bonds is 4. The molecule has 0 spiro atoms. The molecule has 2 nitrogen and oxygen atoms in total. The van der Waals surface area contributed by atoms with Crippen LogP contribution in [0.15, 0.2) is 168 Å². The van der Waals surface area contributed by atoms with Gasteiger partial charge < -0.3 is 0 Å². The molecule has 0 radical (unpaired) electrons. The Morgan fingerprint density at radius 3 is 2.04 bits per heavy atom. The topological polar surface area (TPSA) is 16.4 Å². The van der Waals surface area contributed by atoms with E-state index in [1.54, 1.807) is 0 Å². The summed E-state index contributed by atoms with van der Waals surface area (Å²) in [5.41, 5.74) is 7.80. The van der Waals surface area contributed by atoms with E-state index >= 15 is 0 Å². The molecule has 0 aliphatic rings. The first-order chi connectivity index (χ1) is 23.3. The molecule has 47 heavy (non-hydrogen) atoms. The summed E-state index contributed by atoms with van der Waals surface area (Å²) in [7, 11) is 0. The van der Waals surface area contributed by atoms with E-state index in [2.05, 4.69) is 163 Å². The summed E-state index contributed by atoms with van der Waals surface area (Å²) in [6, 6.07) is 59.6. The molecule has 0 amide bonds. The predicted molar refractivity (Wildman–Crippen MR) is 201 cm³/mol. The minimum atomic E-state index is 0.204. The van der Waals surface area contributed by atoms with E-state index in [0.717, 1.165) is 33.3 Å². The van der Waals surface area contributed by atoms with Crippen LogP contribution in [0, 0.1) is 0 Å². The van der Waals surface area contributed by atoms with Gasteiger partial charge in [-0.3, -0.25) is 0 Å². The van der Waals surface area contributed by atoms with E-state index in [-0.39, 0.29) is 14.5 Å². The molecule has 0 bridgehead atoms. The molecule has 8 aromatic carbocycles. The molecule has 10 aromatic rings. The third-order valence-electron chi connectivity index (χ3n) is 9.41. The van der Waals surface area contributed by atoms with Crippen molar-refractivity contribution in [3.8, 4) is 11.1 Å². The number of para-hydroxylation sites is 1. The van der Waals surface area contributed by atoms with Crippen LogP contribution in [0.2, 0.25) is 0 Å². The van der Waals surface area contributed by atoms with Crippen LogP contribution in [-0.4, -0.2) is 14.5 Å². The van der Waals surface area contributed by atoms with Crippen molar-refractivity contribution < 1.29 is 4.42 Å². The molecular weight excluding hydrogens is 637 g/mol. The number of hydrogen-bond donors (Lipinski definition) is 0. The summed E-state index contributed by atoms with van der Waals surface area (Å²) < 4.78 is 9.13. The maximum atomic E-state index is 6.26. The Morgan fingerprint density at radius 1 is 0.404 bits per heavy atom. The van der Waals surface area contributed by atoms with Crippen LogP contribution in [0.25, 0.3) is 73.9 Å². The Balaban J connectivity index is 1.25. The second-order valence-electron chi connectivity index (χ2n) is 12.1. The molecule has 0 N–H and O–H groups in total. The average molecular weight is 665 g/mol. The summed E-state index contributed by atoms with van der Waals surface area (Å²) in [6.07, 6.45) is 0. The summed E-state index contributed by atoms with van der Waals surface area (Å²) in [5, 5.41) is 9.89. The van der Waals surface area contributed by atoms with Crippen molar-refractivity contribution in [2.75, 3.05) is 4.90 Å². The van der Waals surface area contributed by atoms with E-state index in [4.69, 9.17) is 4.42 Å². The fourth-order valence-electron chi connectivity index (χ4n) is 7.19. The average Bonchev–Trinajstić information content (AvgIpc) is 3.70. The zero-order valence-corrected chi connectivity index (χ0v) is 27.1. The number of hydrogen-bond acceptors (Lipinski definition) is 2. The Morgan fingerprint density at radius 2 is 1.11 bits per heavy atom. The van der Waals surface area contributed by atoms with Crippen LogP contribution >= 0.6 is 0 Å². The normalized spacial score (nSPS) is 11.8. The van der Waals surface area contributed by atoms with E-state index in [1.165, 1.54) is 57.7 Å². The molecule has 0 aliphatic heterocycles. The van der Waals surface area contributed by atoms with E-state index in [0.29, 0.717) is 0 Å². The third-order valence-corrected chi connectivity index (χ3v) is 11.9. The van der Waals surface area contributed by atoms with Crippen LogP contribution in [0.4, 0.5) is 17.1 Å². The molecule has 3 heteroatoms. The van der Waals surface area contributed by atoms with Gasteiger partial charge in [0.05, 0.1) is 0 Å². The Bertz CT molecular complexity index is 2810. The van der Waals surface area contributed by atoms with Gasteiger partial charge in [-0.25, -0.2) is 0 Å². The van der Waals surface area contributed by atoms with Gasteiger partial charge in [0.2, 0.25) is 0 Å². The van der Waals surface area contributed by atoms with Gasteiger partial charge in [0.25, 0.3) is 0 Å². The van der Waals surface area contributed by atoms with Gasteiger partial charge in [0.1, 0.15) is 0 Å². The van der Waals surface area contributed by atoms with Crippen molar-refractivity contribution in [2.24, 2.45) is 0 Å². The van der Waals surface area contributed by atoms with Crippen molar-refractivity contribution in [3.63, 3.8) is 0 Å². The molecular formula is C44H27NOSe. The molecule has 0 saturated heterocycles. The molecule has 0 saturated carbocycles. The number of fused-ring (bicyclic) bond motifs is 9. The van der Waals surface area contributed by atoms with Gasteiger partial charge in [-0.1, -0.05) is 6.07 Å². The van der Waals surface area contributed by atoms with Crippen LogP contribution in [0.5, 0.6) is 0 Å². The quantitative estimate of drug-likeness (QED) is 0.138. The van der Waals surface area contributed by atoms with E-state index in [1.807, 2.05) is 6.07 Å². The fourth-order valence-corrected chi connectivity index (χ4v) is 9.72. The first-order valence-electron chi connectivity index (χ1n) is 15.9. The predicted octanol–water partition coefficient (Wildman–Crippen LogP) is 12.4. The number of benzene rings is 8. The fraction of sp³-hybridized carbons (Fsp3) is 0. The Kier molecular flexibility index (Phi) is 5.92. The summed E-state index contributed by atoms with van der Waals surface area (Å²) in [5.74, 6) is 0. The molecule has 0 aliphatic carbocycles. The van der Waals surface area contributed by atoms with Gasteiger partial charge in [-0.2, -0.15) is 0 Å². The van der Waals surface area contributed by atoms with E-state index < -0.39 is 0 Å². The third kappa shape index (κ3) is 4.25. The zero-order valence-electron chi connectivity index (χ0n) is 25.4. The number of nitrogens with zero attached hydrogens (tertiary/aromatic N) is 1. The summed E-state index contributed by atoms with van der Waals surface area (Å²) >= 11 is 0.204. The second kappa shape index (κ2) is 10.5. The minimum absolute atomic E-state index is 0.204. The number of anilines is 3. The van der Waals surface area contributed by atoms with Crippen LogP contribution in [0.1, 0.15) is 0 Å². The molecule has 0 unspecified atom stereocenters. The van der Waals surface area contributed by atoms with Gasteiger partial charge in [0.15, 0.2) is 0 Å². The standard InChI is InChI=1S/C44H27NOSe/c1-2-10-28(11-3-1)30-12-8-13-32(24-30)45(40-17-9-16-36-35-15-5-7-19-43(35)47-44(36)40)33-23-22-29-20-21-31-25-42-39(27-38(31)37(29)26-33)34-14-4-6-18-41(34)46-42/h1-27H. The van der Waals surface area contributed by atoms with Gasteiger partial charge >= 0.3 is 273 Å². The second-order valence-corrected chi connectivity index (χ2v) is 14.4. The summed E-state index contributed by atoms with van der Waals surface area (Å²) in [4.78, 5) is 2.48. The first-order valence-corrected chi connectivity index (χ1v) is 17.6. The van der Waals surface area contributed by atoms with Crippen molar-refractivity contribution in [1.29, 1.82) is 0 Å². The van der Waals surface area contributed by atoms with E-state index in [9.17, 15) is 0 Å². The molecule has 0 fully saturated rings.